The Bertz CT molecular complexity index is 1050. The number of para-hydroxylation sites is 1. The minimum atomic E-state index is -0.118. The van der Waals surface area contributed by atoms with Gasteiger partial charge in [0.25, 0.3) is 5.91 Å². The van der Waals surface area contributed by atoms with Crippen LogP contribution in [0.2, 0.25) is 0 Å². The molecular formula is C22H19N3OS. The van der Waals surface area contributed by atoms with Gasteiger partial charge in [0.1, 0.15) is 5.01 Å². The highest BCUT2D eigenvalue weighted by Gasteiger charge is 2.09. The second kappa shape index (κ2) is 7.21. The molecule has 0 fully saturated rings. The van der Waals surface area contributed by atoms with E-state index in [4.69, 9.17) is 0 Å². The summed E-state index contributed by atoms with van der Waals surface area (Å²) in [6.07, 6.45) is 0. The third-order valence-corrected chi connectivity index (χ3v) is 5.41. The van der Waals surface area contributed by atoms with Crippen LogP contribution in [0.4, 0.5) is 11.4 Å². The second-order valence-electron chi connectivity index (χ2n) is 6.46. The number of carbonyl (C=O) groups is 1. The van der Waals surface area contributed by atoms with Gasteiger partial charge in [-0.3, -0.25) is 4.79 Å². The lowest BCUT2D eigenvalue weighted by Gasteiger charge is -2.12. The molecule has 1 N–H and O–H groups in total. The Morgan fingerprint density at radius 2 is 1.63 bits per heavy atom. The van der Waals surface area contributed by atoms with Crippen molar-refractivity contribution in [3.05, 3.63) is 78.4 Å². The van der Waals surface area contributed by atoms with E-state index < -0.39 is 0 Å². The number of fused-ring (bicyclic) bond motifs is 1. The first-order valence-corrected chi connectivity index (χ1v) is 9.46. The number of aromatic nitrogens is 1. The standard InChI is InChI=1S/C22H19N3OS/c1-25(2)18-13-9-15(10-14-18)21(26)23-17-11-7-16(8-12-17)22-24-19-5-3-4-6-20(19)27-22/h3-14H,1-2H3,(H,23,26). The van der Waals surface area contributed by atoms with Crippen LogP contribution < -0.4 is 10.2 Å². The van der Waals surface area contributed by atoms with Crippen molar-refractivity contribution in [3.63, 3.8) is 0 Å². The van der Waals surface area contributed by atoms with E-state index in [2.05, 4.69) is 16.4 Å². The van der Waals surface area contributed by atoms with Gasteiger partial charge in [-0.2, -0.15) is 0 Å². The highest BCUT2D eigenvalue weighted by Crippen LogP contribution is 2.30. The largest absolute Gasteiger partial charge is 0.378 e. The number of thiazole rings is 1. The van der Waals surface area contributed by atoms with Crippen molar-refractivity contribution in [2.45, 2.75) is 0 Å². The van der Waals surface area contributed by atoms with Crippen LogP contribution in [0.15, 0.2) is 72.8 Å². The highest BCUT2D eigenvalue weighted by atomic mass is 32.1. The van der Waals surface area contributed by atoms with Gasteiger partial charge in [0.15, 0.2) is 0 Å². The molecule has 0 spiro atoms. The summed E-state index contributed by atoms with van der Waals surface area (Å²) in [5.74, 6) is -0.118. The SMILES string of the molecule is CN(C)c1ccc(C(=O)Nc2ccc(-c3nc4ccccc4s3)cc2)cc1. The summed E-state index contributed by atoms with van der Waals surface area (Å²) in [5, 5.41) is 3.92. The Morgan fingerprint density at radius 3 is 2.30 bits per heavy atom. The molecule has 1 heterocycles. The maximum Gasteiger partial charge on any atom is 0.255 e. The van der Waals surface area contributed by atoms with Gasteiger partial charge in [0.2, 0.25) is 0 Å². The summed E-state index contributed by atoms with van der Waals surface area (Å²) < 4.78 is 1.17. The molecule has 3 aromatic carbocycles. The van der Waals surface area contributed by atoms with E-state index in [1.807, 2.05) is 85.7 Å². The van der Waals surface area contributed by atoms with Gasteiger partial charge in [-0.05, 0) is 60.7 Å². The predicted molar refractivity (Wildman–Crippen MR) is 114 cm³/mol. The number of benzene rings is 3. The summed E-state index contributed by atoms with van der Waals surface area (Å²) in [6.45, 7) is 0. The summed E-state index contributed by atoms with van der Waals surface area (Å²) in [4.78, 5) is 19.1. The highest BCUT2D eigenvalue weighted by molar-refractivity contribution is 7.21. The van der Waals surface area contributed by atoms with Gasteiger partial charge in [-0.25, -0.2) is 4.98 Å². The molecule has 0 bridgehead atoms. The zero-order valence-electron chi connectivity index (χ0n) is 15.1. The lowest BCUT2D eigenvalue weighted by atomic mass is 10.1. The maximum absolute atomic E-state index is 12.4. The van der Waals surface area contributed by atoms with Gasteiger partial charge in [0.05, 0.1) is 10.2 Å². The number of nitrogens with zero attached hydrogens (tertiary/aromatic N) is 2. The Labute approximate surface area is 162 Å². The van der Waals surface area contributed by atoms with Gasteiger partial charge in [-0.15, -0.1) is 11.3 Å². The van der Waals surface area contributed by atoms with Crippen molar-refractivity contribution < 1.29 is 4.79 Å². The van der Waals surface area contributed by atoms with Crippen molar-refractivity contribution in [1.82, 2.24) is 4.98 Å². The molecule has 5 heteroatoms. The van der Waals surface area contributed by atoms with Crippen LogP contribution in [0.3, 0.4) is 0 Å². The first-order chi connectivity index (χ1) is 13.1. The first-order valence-electron chi connectivity index (χ1n) is 8.65. The van der Waals surface area contributed by atoms with Crippen molar-refractivity contribution >= 4 is 38.8 Å². The van der Waals surface area contributed by atoms with Crippen LogP contribution in [0.25, 0.3) is 20.8 Å². The van der Waals surface area contributed by atoms with Gasteiger partial charge in [-0.1, -0.05) is 12.1 Å². The topological polar surface area (TPSA) is 45.2 Å². The third-order valence-electron chi connectivity index (χ3n) is 4.33. The fourth-order valence-electron chi connectivity index (χ4n) is 2.81. The lowest BCUT2D eigenvalue weighted by Crippen LogP contribution is -2.13. The number of anilines is 2. The van der Waals surface area contributed by atoms with Crippen LogP contribution >= 0.6 is 11.3 Å². The van der Waals surface area contributed by atoms with E-state index in [0.29, 0.717) is 5.56 Å². The fourth-order valence-corrected chi connectivity index (χ4v) is 3.78. The van der Waals surface area contributed by atoms with E-state index in [1.165, 1.54) is 4.70 Å². The molecule has 0 aliphatic rings. The van der Waals surface area contributed by atoms with E-state index in [1.54, 1.807) is 11.3 Å². The monoisotopic (exact) mass is 373 g/mol. The Morgan fingerprint density at radius 1 is 0.926 bits per heavy atom. The van der Waals surface area contributed by atoms with Crippen molar-refractivity contribution in [3.8, 4) is 10.6 Å². The number of carbonyl (C=O) groups excluding carboxylic acids is 1. The zero-order valence-corrected chi connectivity index (χ0v) is 16.0. The van der Waals surface area contributed by atoms with Crippen molar-refractivity contribution in [1.29, 1.82) is 0 Å². The fraction of sp³-hybridized carbons (Fsp3) is 0.0909. The van der Waals surface area contributed by atoms with Crippen LogP contribution in [0, 0.1) is 0 Å². The molecule has 1 amide bonds. The van der Waals surface area contributed by atoms with Gasteiger partial charge < -0.3 is 10.2 Å². The number of amides is 1. The molecule has 4 rings (SSSR count). The van der Waals surface area contributed by atoms with Gasteiger partial charge in [0, 0.05) is 36.6 Å². The molecule has 134 valence electrons. The summed E-state index contributed by atoms with van der Waals surface area (Å²) >= 11 is 1.67. The zero-order chi connectivity index (χ0) is 18.8. The second-order valence-corrected chi connectivity index (χ2v) is 7.49. The molecule has 0 saturated carbocycles. The average molecular weight is 373 g/mol. The molecule has 0 radical (unpaired) electrons. The minimum absolute atomic E-state index is 0.118. The maximum atomic E-state index is 12.4. The minimum Gasteiger partial charge on any atom is -0.378 e. The van der Waals surface area contributed by atoms with E-state index in [-0.39, 0.29) is 5.91 Å². The molecule has 0 aliphatic carbocycles. The van der Waals surface area contributed by atoms with Crippen LogP contribution in [0.5, 0.6) is 0 Å². The lowest BCUT2D eigenvalue weighted by molar-refractivity contribution is 0.102. The number of nitrogens with one attached hydrogen (secondary N) is 1. The summed E-state index contributed by atoms with van der Waals surface area (Å²) in [6, 6.07) is 23.4. The molecule has 27 heavy (non-hydrogen) atoms. The Kier molecular flexibility index (Phi) is 4.60. The van der Waals surface area contributed by atoms with E-state index in [9.17, 15) is 4.79 Å². The molecule has 0 aliphatic heterocycles. The predicted octanol–water partition coefficient (Wildman–Crippen LogP) is 5.28. The molecule has 0 unspecified atom stereocenters. The van der Waals surface area contributed by atoms with Crippen molar-refractivity contribution in [2.24, 2.45) is 0 Å². The molecule has 0 saturated heterocycles. The molecule has 4 nitrogen and oxygen atoms in total. The third kappa shape index (κ3) is 3.68. The normalized spacial score (nSPS) is 10.7. The molecule has 1 aromatic heterocycles. The van der Waals surface area contributed by atoms with E-state index >= 15 is 0 Å². The Hall–Kier alpha value is -3.18. The number of hydrogen-bond donors (Lipinski definition) is 1. The average Bonchev–Trinajstić information content (AvgIpc) is 3.13. The van der Waals surface area contributed by atoms with E-state index in [0.717, 1.165) is 27.5 Å². The number of hydrogen-bond acceptors (Lipinski definition) is 4. The summed E-state index contributed by atoms with van der Waals surface area (Å²) in [7, 11) is 3.95. The smallest absolute Gasteiger partial charge is 0.255 e. The summed E-state index contributed by atoms with van der Waals surface area (Å²) in [5.41, 5.74) is 4.52. The molecular weight excluding hydrogens is 354 g/mol. The molecule has 4 aromatic rings. The Balaban J connectivity index is 1.49. The quantitative estimate of drug-likeness (QED) is 0.529. The molecule has 0 atom stereocenters. The number of rotatable bonds is 4. The van der Waals surface area contributed by atoms with Crippen molar-refractivity contribution in [2.75, 3.05) is 24.3 Å². The van der Waals surface area contributed by atoms with Crippen LogP contribution in [0.1, 0.15) is 10.4 Å². The first kappa shape index (κ1) is 17.2. The van der Waals surface area contributed by atoms with Gasteiger partial charge >= 0.3 is 0 Å². The van der Waals surface area contributed by atoms with Crippen LogP contribution in [-0.4, -0.2) is 25.0 Å². The van der Waals surface area contributed by atoms with Crippen LogP contribution in [-0.2, 0) is 0 Å².